The van der Waals surface area contributed by atoms with Crippen molar-refractivity contribution >= 4 is 21.6 Å². The SMILES string of the molecule is C[C@@H]1Cc2ccccc2N1C(=O)c1ccc(S(=O)(=O)NCCC#N)cc1. The number of hydrogen-bond acceptors (Lipinski definition) is 4. The summed E-state index contributed by atoms with van der Waals surface area (Å²) in [5.74, 6) is -0.149. The fourth-order valence-electron chi connectivity index (χ4n) is 3.12. The second kappa shape index (κ2) is 7.28. The summed E-state index contributed by atoms with van der Waals surface area (Å²) in [5.41, 5.74) is 2.47. The van der Waals surface area contributed by atoms with Gasteiger partial charge in [-0.3, -0.25) is 4.79 Å². The first-order chi connectivity index (χ1) is 12.4. The van der Waals surface area contributed by atoms with E-state index in [2.05, 4.69) is 4.72 Å². The highest BCUT2D eigenvalue weighted by Gasteiger charge is 2.31. The van der Waals surface area contributed by atoms with Crippen molar-refractivity contribution in [3.05, 3.63) is 59.7 Å². The maximum atomic E-state index is 12.9. The number of anilines is 1. The normalized spacial score (nSPS) is 16.2. The van der Waals surface area contributed by atoms with Crippen molar-refractivity contribution in [3.8, 4) is 6.07 Å². The van der Waals surface area contributed by atoms with Crippen LogP contribution in [0, 0.1) is 11.3 Å². The van der Waals surface area contributed by atoms with E-state index in [1.807, 2.05) is 37.3 Å². The van der Waals surface area contributed by atoms with Crippen LogP contribution < -0.4 is 9.62 Å². The zero-order chi connectivity index (χ0) is 18.7. The molecular formula is C19H19N3O3S. The van der Waals surface area contributed by atoms with Gasteiger partial charge >= 0.3 is 0 Å². The van der Waals surface area contributed by atoms with E-state index in [9.17, 15) is 13.2 Å². The molecule has 1 atom stereocenters. The lowest BCUT2D eigenvalue weighted by molar-refractivity contribution is 0.0981. The van der Waals surface area contributed by atoms with E-state index in [0.29, 0.717) is 5.56 Å². The van der Waals surface area contributed by atoms with Crippen molar-refractivity contribution in [2.75, 3.05) is 11.4 Å². The summed E-state index contributed by atoms with van der Waals surface area (Å²) in [5, 5.41) is 8.50. The molecule has 0 bridgehead atoms. The van der Waals surface area contributed by atoms with Crippen LogP contribution >= 0.6 is 0 Å². The first-order valence-corrected chi connectivity index (χ1v) is 9.80. The number of benzene rings is 2. The minimum Gasteiger partial charge on any atom is -0.305 e. The van der Waals surface area contributed by atoms with Gasteiger partial charge in [0.1, 0.15) is 0 Å². The van der Waals surface area contributed by atoms with Gasteiger partial charge < -0.3 is 4.90 Å². The number of nitrogens with zero attached hydrogens (tertiary/aromatic N) is 2. The van der Waals surface area contributed by atoms with E-state index >= 15 is 0 Å². The molecule has 1 N–H and O–H groups in total. The number of para-hydroxylation sites is 1. The Labute approximate surface area is 153 Å². The van der Waals surface area contributed by atoms with E-state index < -0.39 is 10.0 Å². The number of carbonyl (C=O) groups is 1. The predicted molar refractivity (Wildman–Crippen MR) is 98.3 cm³/mol. The highest BCUT2D eigenvalue weighted by molar-refractivity contribution is 7.89. The van der Waals surface area contributed by atoms with Gasteiger partial charge in [-0.1, -0.05) is 18.2 Å². The van der Waals surface area contributed by atoms with Gasteiger partial charge in [0, 0.05) is 30.3 Å². The Morgan fingerprint density at radius 3 is 2.62 bits per heavy atom. The van der Waals surface area contributed by atoms with Gasteiger partial charge in [-0.05, 0) is 49.2 Å². The summed E-state index contributed by atoms with van der Waals surface area (Å²) in [7, 11) is -3.68. The van der Waals surface area contributed by atoms with Gasteiger partial charge in [0.05, 0.1) is 11.0 Å². The molecule has 0 unspecified atom stereocenters. The van der Waals surface area contributed by atoms with Gasteiger partial charge in [0.2, 0.25) is 10.0 Å². The lowest BCUT2D eigenvalue weighted by Crippen LogP contribution is -2.35. The van der Waals surface area contributed by atoms with Crippen LogP contribution in [0.25, 0.3) is 0 Å². The molecule has 1 heterocycles. The van der Waals surface area contributed by atoms with Crippen molar-refractivity contribution < 1.29 is 13.2 Å². The van der Waals surface area contributed by atoms with Crippen molar-refractivity contribution in [3.63, 3.8) is 0 Å². The van der Waals surface area contributed by atoms with Crippen LogP contribution in [-0.2, 0) is 16.4 Å². The first kappa shape index (κ1) is 18.1. The molecule has 3 rings (SSSR count). The molecule has 134 valence electrons. The number of rotatable bonds is 5. The van der Waals surface area contributed by atoms with Crippen LogP contribution in [0.5, 0.6) is 0 Å². The maximum absolute atomic E-state index is 12.9. The molecule has 0 fully saturated rings. The first-order valence-electron chi connectivity index (χ1n) is 8.32. The Kier molecular flexibility index (Phi) is 5.07. The molecule has 1 amide bonds. The molecule has 2 aromatic carbocycles. The van der Waals surface area contributed by atoms with E-state index in [1.54, 1.807) is 4.90 Å². The van der Waals surface area contributed by atoms with E-state index in [-0.39, 0.29) is 29.8 Å². The summed E-state index contributed by atoms with van der Waals surface area (Å²) in [6.07, 6.45) is 0.902. The number of sulfonamides is 1. The number of nitriles is 1. The van der Waals surface area contributed by atoms with Gasteiger partial charge in [-0.15, -0.1) is 0 Å². The Morgan fingerprint density at radius 1 is 1.23 bits per heavy atom. The molecule has 0 radical (unpaired) electrons. The highest BCUT2D eigenvalue weighted by Crippen LogP contribution is 2.33. The lowest BCUT2D eigenvalue weighted by Gasteiger charge is -2.23. The molecule has 1 aliphatic heterocycles. The fraction of sp³-hybridized carbons (Fsp3) is 0.263. The summed E-state index contributed by atoms with van der Waals surface area (Å²) < 4.78 is 26.6. The minimum absolute atomic E-state index is 0.0518. The van der Waals surface area contributed by atoms with E-state index in [0.717, 1.165) is 17.7 Å². The Balaban J connectivity index is 1.81. The smallest absolute Gasteiger partial charge is 0.258 e. The van der Waals surface area contributed by atoms with Crippen molar-refractivity contribution in [2.45, 2.75) is 30.7 Å². The predicted octanol–water partition coefficient (Wildman–Crippen LogP) is 2.47. The molecule has 26 heavy (non-hydrogen) atoms. The molecule has 0 saturated carbocycles. The van der Waals surface area contributed by atoms with Gasteiger partial charge in [0.15, 0.2) is 0 Å². The summed E-state index contributed by atoms with van der Waals surface area (Å²) in [4.78, 5) is 14.7. The van der Waals surface area contributed by atoms with Crippen LogP contribution in [0.3, 0.4) is 0 Å². The number of nitrogens with one attached hydrogen (secondary N) is 1. The molecule has 2 aromatic rings. The molecule has 0 spiro atoms. The Morgan fingerprint density at radius 2 is 1.92 bits per heavy atom. The zero-order valence-corrected chi connectivity index (χ0v) is 15.2. The Bertz CT molecular complexity index is 962. The lowest BCUT2D eigenvalue weighted by atomic mass is 10.1. The Hall–Kier alpha value is -2.69. The number of fused-ring (bicyclic) bond motifs is 1. The fourth-order valence-corrected chi connectivity index (χ4v) is 4.15. The van der Waals surface area contributed by atoms with Crippen molar-refractivity contribution in [1.29, 1.82) is 5.26 Å². The second-order valence-corrected chi connectivity index (χ2v) is 7.95. The van der Waals surface area contributed by atoms with Crippen LogP contribution in [0.2, 0.25) is 0 Å². The number of amides is 1. The molecular weight excluding hydrogens is 350 g/mol. The number of hydrogen-bond donors (Lipinski definition) is 1. The minimum atomic E-state index is -3.68. The molecule has 7 heteroatoms. The standard InChI is InChI=1S/C19H19N3O3S/c1-14-13-16-5-2-3-6-18(16)22(14)19(23)15-7-9-17(10-8-15)26(24,25)21-12-4-11-20/h2-3,5-10,14,21H,4,12-13H2,1H3/t14-/m1/s1. The van der Waals surface area contributed by atoms with Crippen LogP contribution in [-0.4, -0.2) is 26.9 Å². The van der Waals surface area contributed by atoms with Gasteiger partial charge in [-0.2, -0.15) is 5.26 Å². The molecule has 0 saturated heterocycles. The average Bonchev–Trinajstić information content (AvgIpc) is 2.97. The van der Waals surface area contributed by atoms with Gasteiger partial charge in [-0.25, -0.2) is 13.1 Å². The van der Waals surface area contributed by atoms with Crippen LogP contribution in [0.4, 0.5) is 5.69 Å². The molecule has 6 nitrogen and oxygen atoms in total. The largest absolute Gasteiger partial charge is 0.305 e. The summed E-state index contributed by atoms with van der Waals surface area (Å²) in [6.45, 7) is 2.05. The van der Waals surface area contributed by atoms with Crippen molar-refractivity contribution in [2.24, 2.45) is 0 Å². The highest BCUT2D eigenvalue weighted by atomic mass is 32.2. The maximum Gasteiger partial charge on any atom is 0.258 e. The molecule has 0 aliphatic carbocycles. The topological polar surface area (TPSA) is 90.3 Å². The van der Waals surface area contributed by atoms with Gasteiger partial charge in [0.25, 0.3) is 5.91 Å². The van der Waals surface area contributed by atoms with E-state index in [1.165, 1.54) is 24.3 Å². The van der Waals surface area contributed by atoms with Crippen LogP contribution in [0.15, 0.2) is 53.4 Å². The quantitative estimate of drug-likeness (QED) is 0.820. The number of carbonyl (C=O) groups excluding carboxylic acids is 1. The third-order valence-corrected chi connectivity index (χ3v) is 5.84. The zero-order valence-electron chi connectivity index (χ0n) is 14.3. The van der Waals surface area contributed by atoms with E-state index in [4.69, 9.17) is 5.26 Å². The summed E-state index contributed by atoms with van der Waals surface area (Å²) in [6, 6.07) is 15.6. The summed E-state index contributed by atoms with van der Waals surface area (Å²) >= 11 is 0. The monoisotopic (exact) mass is 369 g/mol. The molecule has 0 aromatic heterocycles. The molecule has 1 aliphatic rings. The van der Waals surface area contributed by atoms with Crippen LogP contribution in [0.1, 0.15) is 29.3 Å². The van der Waals surface area contributed by atoms with Crippen molar-refractivity contribution in [1.82, 2.24) is 4.72 Å². The second-order valence-electron chi connectivity index (χ2n) is 6.19. The third-order valence-electron chi connectivity index (χ3n) is 4.37. The average molecular weight is 369 g/mol. The third kappa shape index (κ3) is 3.47.